The molecule has 0 bridgehead atoms. The number of nitrogens with one attached hydrogen (secondary N) is 2. The number of halogens is 2. The van der Waals surface area contributed by atoms with Crippen LogP contribution in [0.2, 0.25) is 0 Å². The van der Waals surface area contributed by atoms with Gasteiger partial charge in [0, 0.05) is 17.3 Å². The van der Waals surface area contributed by atoms with Crippen LogP contribution in [0.3, 0.4) is 0 Å². The average molecular weight is 339 g/mol. The van der Waals surface area contributed by atoms with Crippen LogP contribution in [-0.2, 0) is 0 Å². The van der Waals surface area contributed by atoms with Gasteiger partial charge in [0.1, 0.15) is 5.82 Å². The number of carbonyl (C=O) groups excluding carboxylic acids is 1. The molecule has 0 unspecified atom stereocenters. The lowest BCUT2D eigenvalue weighted by Gasteiger charge is -2.08. The Hall–Kier alpha value is -3.28. The molecule has 0 saturated carbocycles. The lowest BCUT2D eigenvalue weighted by Crippen LogP contribution is -2.13. The van der Waals surface area contributed by atoms with E-state index >= 15 is 0 Å². The van der Waals surface area contributed by atoms with Crippen molar-refractivity contribution in [1.82, 2.24) is 4.98 Å². The number of aromatic nitrogens is 1. The van der Waals surface area contributed by atoms with Gasteiger partial charge in [-0.1, -0.05) is 17.7 Å². The molecular weight excluding hydrogens is 324 g/mol. The summed E-state index contributed by atoms with van der Waals surface area (Å²) in [6, 6.07) is 14.1. The third-order valence-electron chi connectivity index (χ3n) is 3.49. The van der Waals surface area contributed by atoms with Crippen molar-refractivity contribution >= 4 is 23.1 Å². The van der Waals surface area contributed by atoms with Crippen molar-refractivity contribution in [3.05, 3.63) is 83.6 Å². The number of hydrogen-bond acceptors (Lipinski definition) is 3. The summed E-state index contributed by atoms with van der Waals surface area (Å²) < 4.78 is 26.1. The Bertz CT molecular complexity index is 911. The number of hydrogen-bond donors (Lipinski definition) is 2. The number of rotatable bonds is 4. The summed E-state index contributed by atoms with van der Waals surface area (Å²) in [6.45, 7) is 1.91. The number of pyridine rings is 1. The molecular formula is C19H15F2N3O. The van der Waals surface area contributed by atoms with Crippen LogP contribution in [0, 0.1) is 18.6 Å². The molecule has 0 spiro atoms. The molecule has 0 radical (unpaired) electrons. The van der Waals surface area contributed by atoms with Crippen LogP contribution in [0.4, 0.5) is 26.0 Å². The molecule has 2 N–H and O–H groups in total. The Morgan fingerprint density at radius 3 is 2.44 bits per heavy atom. The molecule has 1 amide bonds. The maximum absolute atomic E-state index is 13.2. The van der Waals surface area contributed by atoms with E-state index in [2.05, 4.69) is 15.6 Å². The SMILES string of the molecule is Cc1cccc(C(=O)Nc2ccc(Nc3ccc(F)c(F)c3)cn2)c1. The van der Waals surface area contributed by atoms with Gasteiger partial charge in [-0.2, -0.15) is 0 Å². The molecule has 0 aliphatic rings. The lowest BCUT2D eigenvalue weighted by molar-refractivity contribution is 0.102. The number of nitrogens with zero attached hydrogens (tertiary/aromatic N) is 1. The number of carbonyl (C=O) groups is 1. The Balaban J connectivity index is 1.67. The summed E-state index contributed by atoms with van der Waals surface area (Å²) in [6.07, 6.45) is 1.49. The van der Waals surface area contributed by atoms with Gasteiger partial charge in [0.25, 0.3) is 5.91 Å². The summed E-state index contributed by atoms with van der Waals surface area (Å²) in [5.74, 6) is -1.70. The van der Waals surface area contributed by atoms with Crippen LogP contribution in [-0.4, -0.2) is 10.9 Å². The second-order valence-electron chi connectivity index (χ2n) is 5.51. The monoisotopic (exact) mass is 339 g/mol. The van der Waals surface area contributed by atoms with Crippen LogP contribution >= 0.6 is 0 Å². The van der Waals surface area contributed by atoms with Crippen molar-refractivity contribution in [3.8, 4) is 0 Å². The first-order valence-corrected chi connectivity index (χ1v) is 7.57. The highest BCUT2D eigenvalue weighted by molar-refractivity contribution is 6.03. The predicted octanol–water partition coefficient (Wildman–Crippen LogP) is 4.66. The van der Waals surface area contributed by atoms with Crippen molar-refractivity contribution in [2.75, 3.05) is 10.6 Å². The third kappa shape index (κ3) is 4.17. The lowest BCUT2D eigenvalue weighted by atomic mass is 10.1. The van der Waals surface area contributed by atoms with Gasteiger partial charge in [-0.3, -0.25) is 4.79 Å². The standard InChI is InChI=1S/C19H15F2N3O/c1-12-3-2-4-13(9-12)19(25)24-18-8-6-15(11-22-18)23-14-5-7-16(20)17(21)10-14/h2-11,23H,1H3,(H,22,24,25). The third-order valence-corrected chi connectivity index (χ3v) is 3.49. The second-order valence-corrected chi connectivity index (χ2v) is 5.51. The Morgan fingerprint density at radius 2 is 1.76 bits per heavy atom. The molecule has 2 aromatic carbocycles. The van der Waals surface area contributed by atoms with E-state index in [0.29, 0.717) is 22.8 Å². The van der Waals surface area contributed by atoms with Gasteiger partial charge in [-0.15, -0.1) is 0 Å². The normalized spacial score (nSPS) is 10.4. The summed E-state index contributed by atoms with van der Waals surface area (Å²) in [5.41, 5.74) is 2.52. The maximum atomic E-state index is 13.2. The number of aryl methyl sites for hydroxylation is 1. The number of anilines is 3. The summed E-state index contributed by atoms with van der Waals surface area (Å²) in [7, 11) is 0. The minimum Gasteiger partial charge on any atom is -0.354 e. The van der Waals surface area contributed by atoms with Crippen molar-refractivity contribution in [2.45, 2.75) is 6.92 Å². The maximum Gasteiger partial charge on any atom is 0.256 e. The summed E-state index contributed by atoms with van der Waals surface area (Å²) in [4.78, 5) is 16.3. The van der Waals surface area contributed by atoms with E-state index in [9.17, 15) is 13.6 Å². The number of benzene rings is 2. The van der Waals surface area contributed by atoms with Gasteiger partial charge in [0.15, 0.2) is 11.6 Å². The van der Waals surface area contributed by atoms with E-state index in [1.807, 2.05) is 19.1 Å². The first kappa shape index (κ1) is 16.6. The van der Waals surface area contributed by atoms with E-state index in [1.54, 1.807) is 24.3 Å². The quantitative estimate of drug-likeness (QED) is 0.727. The molecule has 25 heavy (non-hydrogen) atoms. The predicted molar refractivity (Wildman–Crippen MR) is 93.0 cm³/mol. The molecule has 0 aliphatic carbocycles. The Kier molecular flexibility index (Phi) is 4.70. The van der Waals surface area contributed by atoms with Crippen LogP contribution < -0.4 is 10.6 Å². The fourth-order valence-corrected chi connectivity index (χ4v) is 2.26. The topological polar surface area (TPSA) is 54.0 Å². The number of amides is 1. The highest BCUT2D eigenvalue weighted by Crippen LogP contribution is 2.19. The molecule has 3 rings (SSSR count). The highest BCUT2D eigenvalue weighted by Gasteiger charge is 2.07. The molecule has 0 fully saturated rings. The first-order chi connectivity index (χ1) is 12.0. The minimum absolute atomic E-state index is 0.252. The van der Waals surface area contributed by atoms with Crippen molar-refractivity contribution in [3.63, 3.8) is 0 Å². The van der Waals surface area contributed by atoms with E-state index < -0.39 is 11.6 Å². The summed E-state index contributed by atoms with van der Waals surface area (Å²) >= 11 is 0. The zero-order valence-electron chi connectivity index (χ0n) is 13.4. The molecule has 4 nitrogen and oxygen atoms in total. The van der Waals surface area contributed by atoms with Gasteiger partial charge in [0.2, 0.25) is 0 Å². The van der Waals surface area contributed by atoms with Crippen LogP contribution in [0.25, 0.3) is 0 Å². The molecule has 3 aromatic rings. The van der Waals surface area contributed by atoms with E-state index in [-0.39, 0.29) is 5.91 Å². The molecule has 0 aliphatic heterocycles. The Labute approximate surface area is 143 Å². The van der Waals surface area contributed by atoms with Crippen molar-refractivity contribution in [2.24, 2.45) is 0 Å². The van der Waals surface area contributed by atoms with Crippen LogP contribution in [0.5, 0.6) is 0 Å². The van der Waals surface area contributed by atoms with Gasteiger partial charge in [-0.25, -0.2) is 13.8 Å². The fraction of sp³-hybridized carbons (Fsp3) is 0.0526. The van der Waals surface area contributed by atoms with E-state index in [0.717, 1.165) is 17.7 Å². The largest absolute Gasteiger partial charge is 0.354 e. The van der Waals surface area contributed by atoms with E-state index in [4.69, 9.17) is 0 Å². The van der Waals surface area contributed by atoms with Gasteiger partial charge >= 0.3 is 0 Å². The minimum atomic E-state index is -0.931. The van der Waals surface area contributed by atoms with Gasteiger partial charge in [0.05, 0.1) is 11.9 Å². The first-order valence-electron chi connectivity index (χ1n) is 7.57. The molecule has 0 atom stereocenters. The molecule has 1 heterocycles. The second kappa shape index (κ2) is 7.09. The Morgan fingerprint density at radius 1 is 0.960 bits per heavy atom. The van der Waals surface area contributed by atoms with Crippen LogP contribution in [0.1, 0.15) is 15.9 Å². The highest BCUT2D eigenvalue weighted by atomic mass is 19.2. The fourth-order valence-electron chi connectivity index (χ4n) is 2.26. The zero-order chi connectivity index (χ0) is 17.8. The van der Waals surface area contributed by atoms with Crippen molar-refractivity contribution < 1.29 is 13.6 Å². The molecule has 126 valence electrons. The molecule has 1 aromatic heterocycles. The van der Waals surface area contributed by atoms with Crippen molar-refractivity contribution in [1.29, 1.82) is 0 Å². The molecule has 0 saturated heterocycles. The smallest absolute Gasteiger partial charge is 0.256 e. The zero-order valence-corrected chi connectivity index (χ0v) is 13.4. The molecule has 6 heteroatoms. The average Bonchev–Trinajstić information content (AvgIpc) is 2.60. The van der Waals surface area contributed by atoms with Gasteiger partial charge in [-0.05, 0) is 43.3 Å². The summed E-state index contributed by atoms with van der Waals surface area (Å²) in [5, 5.41) is 5.62. The van der Waals surface area contributed by atoms with Gasteiger partial charge < -0.3 is 10.6 Å². The van der Waals surface area contributed by atoms with E-state index in [1.165, 1.54) is 12.3 Å². The van der Waals surface area contributed by atoms with Crippen LogP contribution in [0.15, 0.2) is 60.8 Å².